The molecule has 5 aromatic carbocycles. The molecule has 119 heavy (non-hydrogen) atoms. The Morgan fingerprint density at radius 2 is 0.824 bits per heavy atom. The summed E-state index contributed by atoms with van der Waals surface area (Å²) in [5.41, 5.74) is 1.45. The van der Waals surface area contributed by atoms with Crippen molar-refractivity contribution in [1.82, 2.24) is 73.9 Å². The number of rotatable bonds is 24. The number of halogens is 11. The number of anilines is 6. The summed E-state index contributed by atoms with van der Waals surface area (Å²) < 4.78 is 225. The van der Waals surface area contributed by atoms with Crippen LogP contribution in [0, 0.1) is 6.92 Å². The molecule has 0 radical (unpaired) electrons. The fourth-order valence-electron chi connectivity index (χ4n) is 12.9. The fourth-order valence-corrected chi connectivity index (χ4v) is 18.4. The van der Waals surface area contributed by atoms with Crippen LogP contribution in [0.2, 0.25) is 8.67 Å². The topological polar surface area (TPSA) is 343 Å². The van der Waals surface area contributed by atoms with Gasteiger partial charge in [0.15, 0.2) is 16.9 Å². The largest absolute Gasteiger partial charge is 0.418 e. The van der Waals surface area contributed by atoms with Crippen molar-refractivity contribution in [3.63, 3.8) is 0 Å². The number of benzene rings is 5. The van der Waals surface area contributed by atoms with Crippen molar-refractivity contribution in [3.8, 4) is 33.8 Å². The predicted molar refractivity (Wildman–Crippen MR) is 432 cm³/mol. The first-order chi connectivity index (χ1) is 56.5. The summed E-state index contributed by atoms with van der Waals surface area (Å²) in [5, 5.41) is 25.1. The normalized spacial score (nSPS) is 15.0. The first-order valence-electron chi connectivity index (χ1n) is 36.6. The molecule has 0 atom stereocenters. The number of thiophene rings is 1. The molecule has 45 heteroatoms. The van der Waals surface area contributed by atoms with Crippen LogP contribution in [0.4, 0.5) is 74.4 Å². The van der Waals surface area contributed by atoms with Crippen LogP contribution in [-0.2, 0) is 84.0 Å². The maximum Gasteiger partial charge on any atom is 0.418 e. The lowest BCUT2D eigenvalue weighted by Gasteiger charge is -2.26. The van der Waals surface area contributed by atoms with E-state index in [1.807, 2.05) is 26.1 Å². The monoisotopic (exact) mass is 1770 g/mol. The molecule has 15 rings (SSSR count). The van der Waals surface area contributed by atoms with Crippen molar-refractivity contribution in [1.29, 1.82) is 0 Å². The number of hydrogen-bond acceptors (Lipinski definition) is 25. The molecule has 0 spiro atoms. The summed E-state index contributed by atoms with van der Waals surface area (Å²) in [6.45, 7) is 15.9. The minimum absolute atomic E-state index is 0.00318. The zero-order valence-electron chi connectivity index (χ0n) is 63.6. The Morgan fingerprint density at radius 1 is 0.445 bits per heavy atom. The summed E-state index contributed by atoms with van der Waals surface area (Å²) >= 11 is 13.0. The van der Waals surface area contributed by atoms with E-state index in [4.69, 9.17) is 37.4 Å². The van der Waals surface area contributed by atoms with E-state index >= 15 is 0 Å². The fraction of sp³-hybridized carbons (Fsp3) is 0.338. The van der Waals surface area contributed by atoms with E-state index in [1.165, 1.54) is 35.1 Å². The Kier molecular flexibility index (Phi) is 26.5. The molecular formula is C74H76Cl2F9N21O9S4. The number of morpholine rings is 3. The van der Waals surface area contributed by atoms with Gasteiger partial charge in [0, 0.05) is 141 Å². The second-order valence-corrected chi connectivity index (χ2v) is 34.6. The molecule has 0 aliphatic carbocycles. The molecule has 0 amide bonds. The van der Waals surface area contributed by atoms with E-state index in [-0.39, 0.29) is 26.2 Å². The Balaban J connectivity index is 0.000000155. The van der Waals surface area contributed by atoms with Crippen molar-refractivity contribution >= 4 is 133 Å². The van der Waals surface area contributed by atoms with Gasteiger partial charge < -0.3 is 30.2 Å². The lowest BCUT2D eigenvalue weighted by Crippen LogP contribution is -2.39. The highest BCUT2D eigenvalue weighted by Gasteiger charge is 2.38. The van der Waals surface area contributed by atoms with E-state index < -0.39 is 80.8 Å². The van der Waals surface area contributed by atoms with Crippen molar-refractivity contribution < 1.29 is 79.0 Å². The molecule has 0 saturated carbocycles. The van der Waals surface area contributed by atoms with Crippen LogP contribution >= 0.6 is 34.5 Å². The van der Waals surface area contributed by atoms with Crippen LogP contribution in [0.5, 0.6) is 0 Å². The van der Waals surface area contributed by atoms with E-state index in [1.54, 1.807) is 58.8 Å². The number of aryl methyl sites for hydroxylation is 4. The molecular weight excluding hydrogens is 1700 g/mol. The molecule has 30 nitrogen and oxygen atoms in total. The molecule has 7 aromatic heterocycles. The number of nitrogens with zero attached hydrogens (tertiary/aromatic N) is 15. The molecule has 3 fully saturated rings. The van der Waals surface area contributed by atoms with Gasteiger partial charge in [-0.05, 0) is 91.3 Å². The van der Waals surface area contributed by atoms with Crippen LogP contribution in [-0.4, -0.2) is 217 Å². The molecule has 10 heterocycles. The summed E-state index contributed by atoms with van der Waals surface area (Å²) in [7, 11) is -7.75. The minimum atomic E-state index is -5.03. The van der Waals surface area contributed by atoms with E-state index in [0.717, 1.165) is 156 Å². The maximum absolute atomic E-state index is 14.1. The summed E-state index contributed by atoms with van der Waals surface area (Å²) in [5.74, 6) is 1.35. The molecule has 3 aliphatic rings. The van der Waals surface area contributed by atoms with Crippen molar-refractivity contribution in [2.75, 3.05) is 148 Å². The number of sulfonamides is 3. The first kappa shape index (κ1) is 86.7. The number of ether oxygens (including phenoxy) is 3. The van der Waals surface area contributed by atoms with Crippen molar-refractivity contribution in [2.45, 2.75) is 40.1 Å². The zero-order valence-corrected chi connectivity index (χ0v) is 68.4. The van der Waals surface area contributed by atoms with Gasteiger partial charge in [0.2, 0.25) is 17.8 Å². The highest BCUT2D eigenvalue weighted by Crippen LogP contribution is 2.42. The average Bonchev–Trinajstić information content (AvgIpc) is 1.67. The lowest BCUT2D eigenvalue weighted by molar-refractivity contribution is -0.138. The number of nitrogens with one attached hydrogen (secondary N) is 6. The molecule has 0 unspecified atom stereocenters. The molecule has 12 aromatic rings. The van der Waals surface area contributed by atoms with Crippen LogP contribution in [0.15, 0.2) is 149 Å². The number of aromatic nitrogens is 12. The van der Waals surface area contributed by atoms with E-state index in [0.29, 0.717) is 123 Å². The van der Waals surface area contributed by atoms with Crippen molar-refractivity contribution in [2.24, 2.45) is 21.1 Å². The van der Waals surface area contributed by atoms with Crippen LogP contribution < -0.4 is 30.1 Å². The van der Waals surface area contributed by atoms with Gasteiger partial charge in [-0.25, -0.2) is 54.3 Å². The van der Waals surface area contributed by atoms with Crippen molar-refractivity contribution in [3.05, 3.63) is 165 Å². The average molecular weight is 1770 g/mol. The predicted octanol–water partition coefficient (Wildman–Crippen LogP) is 12.5. The van der Waals surface area contributed by atoms with Gasteiger partial charge in [0.25, 0.3) is 30.1 Å². The highest BCUT2D eigenvalue weighted by atomic mass is 35.5. The van der Waals surface area contributed by atoms with Gasteiger partial charge in [-0.2, -0.15) is 69.8 Å². The van der Waals surface area contributed by atoms with Gasteiger partial charge in [0.05, 0.1) is 98.0 Å². The molecule has 632 valence electrons. The summed E-state index contributed by atoms with van der Waals surface area (Å²) in [6.07, 6.45) is -9.65. The molecule has 6 N–H and O–H groups in total. The Labute approximate surface area is 689 Å². The SMILES string of the molecule is Cc1cc(-c2nn(C)c3nc(NCCN4CCOCC4)ncc23)ccc1NS(=O)(=O)c1cc(Cl)sc1Cl.Cn1nc(-c2ccc(NS(=O)(=O)c3cccc(C(F)(F)F)c3)c(C(F)(F)F)c2)c2cnc(NCCN3CCOCC3)nc21.Cn1nc(-c2ccc(NS(=O)(=O)c3cccc(C(F)(F)F)c3)cc2)c2cnc(NCCN3CCOCC3)nc21. The third kappa shape index (κ3) is 21.3. The standard InChI is InChI=1S/C26H25F6N7O3S.C25H26F3N7O3S.C23H25Cl2N7O3S2/c1-38-23-19(15-34-24(35-23)33-7-8-39-9-11-42-12-10-39)22(36-38)16-5-6-21(20(13-16)26(30,31)32)37-43(40,41)18-4-2-3-17(14-18)25(27,28)29;1-34-23-21(16-30-24(31-23)29-9-10-35-11-13-38-14-12-35)22(32-34)17-5-7-19(8-6-17)33-39(36,37)20-4-2-3-18(15-20)25(26,27)28;1-14-11-15(3-4-17(14)30-37(33,34)18-12-19(24)36-21(18)25)20-16-13-27-23(28-22(16)31(2)29-20)26-5-6-32-7-9-35-10-8-32/h2-6,13-15,37H,7-12H2,1H3,(H,33,34,35);2-8,15-16,33H,9-14H2,1H3,(H,29,30,31);3-4,11-13,30H,5-10H2,1-2H3,(H,26,27,28). The minimum Gasteiger partial charge on any atom is -0.379 e. The third-order valence-electron chi connectivity index (χ3n) is 19.0. The van der Waals surface area contributed by atoms with Crippen LogP contribution in [0.3, 0.4) is 0 Å². The Morgan fingerprint density at radius 3 is 1.21 bits per heavy atom. The molecule has 0 bridgehead atoms. The quantitative estimate of drug-likeness (QED) is 0.0306. The summed E-state index contributed by atoms with van der Waals surface area (Å²) in [4.78, 5) is 32.4. The summed E-state index contributed by atoms with van der Waals surface area (Å²) in [6, 6.07) is 22.2. The molecule has 3 saturated heterocycles. The van der Waals surface area contributed by atoms with Gasteiger partial charge in [-0.3, -0.25) is 28.9 Å². The molecule has 3 aliphatic heterocycles. The second kappa shape index (κ2) is 36.4. The van der Waals surface area contributed by atoms with Crippen LogP contribution in [0.25, 0.3) is 66.9 Å². The van der Waals surface area contributed by atoms with Gasteiger partial charge in [-0.15, -0.1) is 11.3 Å². The lowest BCUT2D eigenvalue weighted by atomic mass is 10.0. The zero-order chi connectivity index (χ0) is 84.8. The number of hydrogen-bond donors (Lipinski definition) is 6. The number of fused-ring (bicyclic) bond motifs is 3. The van der Waals surface area contributed by atoms with E-state index in [9.17, 15) is 64.8 Å². The number of alkyl halides is 9. The highest BCUT2D eigenvalue weighted by molar-refractivity contribution is 7.93. The Hall–Kier alpha value is -10.2. The Bertz CT molecular complexity index is 6010. The maximum atomic E-state index is 14.1. The second-order valence-electron chi connectivity index (χ2n) is 27.3. The van der Waals surface area contributed by atoms with Gasteiger partial charge in [-0.1, -0.05) is 59.6 Å². The van der Waals surface area contributed by atoms with Gasteiger partial charge >= 0.3 is 18.5 Å². The third-order valence-corrected chi connectivity index (χ3v) is 24.9. The first-order valence-corrected chi connectivity index (χ1v) is 42.6. The smallest absolute Gasteiger partial charge is 0.379 e. The van der Waals surface area contributed by atoms with Crippen LogP contribution in [0.1, 0.15) is 22.3 Å². The van der Waals surface area contributed by atoms with Gasteiger partial charge in [0.1, 0.15) is 26.3 Å². The van der Waals surface area contributed by atoms with E-state index in [2.05, 4.69) is 85.3 Å².